The molecule has 2 bridgehead atoms. The van der Waals surface area contributed by atoms with Crippen LogP contribution in [0.4, 0.5) is 0 Å². The first-order valence-corrected chi connectivity index (χ1v) is 10.5. The van der Waals surface area contributed by atoms with Crippen LogP contribution < -0.4 is 0 Å². The van der Waals surface area contributed by atoms with Crippen LogP contribution in [-0.4, -0.2) is 67.5 Å². The van der Waals surface area contributed by atoms with E-state index in [1.807, 2.05) is 11.4 Å². The van der Waals surface area contributed by atoms with E-state index in [4.69, 9.17) is 0 Å². The Morgan fingerprint density at radius 3 is 2.67 bits per heavy atom. The molecule has 24 heavy (non-hydrogen) atoms. The lowest BCUT2D eigenvalue weighted by molar-refractivity contribution is 0.102. The molecule has 3 aliphatic rings. The quantitative estimate of drug-likeness (QED) is 0.739. The number of hydrogen-bond donors (Lipinski definition) is 0. The number of Topliss-reactive ketones (excluding diaryl/α,β-unsaturated/α-hetero) is 1. The Morgan fingerprint density at radius 1 is 1.29 bits per heavy atom. The molecule has 0 saturated carbocycles. The summed E-state index contributed by atoms with van der Waals surface area (Å²) >= 11 is 1.49. The topological polar surface area (TPSA) is 60.9 Å². The molecule has 0 aromatic carbocycles. The fourth-order valence-electron chi connectivity index (χ4n) is 3.63. The summed E-state index contributed by atoms with van der Waals surface area (Å²) in [5, 5.41) is 2.05. The van der Waals surface area contributed by atoms with E-state index < -0.39 is 10.2 Å². The average molecular weight is 372 g/mol. The van der Waals surface area contributed by atoms with Crippen molar-refractivity contribution in [3.8, 4) is 0 Å². The molecule has 1 aromatic heterocycles. The van der Waals surface area contributed by atoms with Crippen molar-refractivity contribution in [2.75, 3.05) is 33.7 Å². The van der Waals surface area contributed by atoms with Gasteiger partial charge < -0.3 is 0 Å². The Bertz CT molecular complexity index is 714. The third-order valence-corrected chi connectivity index (χ3v) is 7.92. The van der Waals surface area contributed by atoms with Crippen LogP contribution in [0.25, 0.3) is 0 Å². The zero-order chi connectivity index (χ0) is 17.5. The van der Waals surface area contributed by atoms with Crippen LogP contribution in [0.2, 0.25) is 0 Å². The van der Waals surface area contributed by atoms with Crippen LogP contribution in [-0.2, 0) is 16.8 Å². The van der Waals surface area contributed by atoms with Gasteiger partial charge in [-0.25, -0.2) is 0 Å². The molecule has 3 fully saturated rings. The Kier molecular flexibility index (Phi) is 5.13. The summed E-state index contributed by atoms with van der Waals surface area (Å²) in [6.45, 7) is 4.47. The van der Waals surface area contributed by atoms with E-state index in [-0.39, 0.29) is 11.8 Å². The lowest BCUT2D eigenvalue weighted by Gasteiger charge is -2.35. The fourth-order valence-corrected chi connectivity index (χ4v) is 5.65. The summed E-state index contributed by atoms with van der Waals surface area (Å²) in [6, 6.07) is 2.22. The lowest BCUT2D eigenvalue weighted by atomic mass is 9.95. The van der Waals surface area contributed by atoms with Gasteiger partial charge in [0.1, 0.15) is 0 Å². The van der Waals surface area contributed by atoms with Gasteiger partial charge in [0.25, 0.3) is 10.2 Å². The number of carbonyl (C=O) groups excluding carboxylic acids is 1. The molecular formula is C16H25N3O3S2. The van der Waals surface area contributed by atoms with Gasteiger partial charge in [-0.15, -0.1) is 11.3 Å². The third kappa shape index (κ3) is 3.57. The maximum atomic E-state index is 12.5. The number of ketones is 1. The Morgan fingerprint density at radius 2 is 2.04 bits per heavy atom. The Balaban J connectivity index is 1.74. The predicted octanol–water partition coefficient (Wildman–Crippen LogP) is 1.65. The van der Waals surface area contributed by atoms with E-state index in [0.29, 0.717) is 19.0 Å². The van der Waals surface area contributed by atoms with E-state index in [2.05, 4.69) is 4.90 Å². The van der Waals surface area contributed by atoms with E-state index in [0.717, 1.165) is 36.4 Å². The number of piperidine rings is 1. The number of hydrogen-bond acceptors (Lipinski definition) is 5. The maximum absolute atomic E-state index is 12.5. The zero-order valence-corrected chi connectivity index (χ0v) is 16.1. The molecule has 0 aliphatic carbocycles. The van der Waals surface area contributed by atoms with E-state index in [9.17, 15) is 13.2 Å². The monoisotopic (exact) mass is 371 g/mol. The van der Waals surface area contributed by atoms with Crippen molar-refractivity contribution in [1.29, 1.82) is 0 Å². The second-order valence-corrected chi connectivity index (χ2v) is 10.1. The van der Waals surface area contributed by atoms with Crippen molar-refractivity contribution in [3.05, 3.63) is 21.9 Å². The maximum Gasteiger partial charge on any atom is 0.281 e. The molecule has 3 saturated heterocycles. The largest absolute Gasteiger partial charge is 0.294 e. The summed E-state index contributed by atoms with van der Waals surface area (Å²) in [5.74, 6) is 0.483. The molecule has 1 aromatic rings. The first-order valence-electron chi connectivity index (χ1n) is 8.27. The van der Waals surface area contributed by atoms with Gasteiger partial charge in [0.05, 0.1) is 4.88 Å². The van der Waals surface area contributed by atoms with Gasteiger partial charge in [-0.3, -0.25) is 9.69 Å². The van der Waals surface area contributed by atoms with Gasteiger partial charge in [0.15, 0.2) is 5.78 Å². The highest BCUT2D eigenvalue weighted by Gasteiger charge is 2.39. The van der Waals surface area contributed by atoms with Gasteiger partial charge in [-0.05, 0) is 42.7 Å². The number of rotatable bonds is 5. The predicted molar refractivity (Wildman–Crippen MR) is 95.4 cm³/mol. The summed E-state index contributed by atoms with van der Waals surface area (Å²) in [7, 11) is -0.172. The first kappa shape index (κ1) is 18.0. The van der Waals surface area contributed by atoms with Crippen molar-refractivity contribution in [1.82, 2.24) is 13.5 Å². The third-order valence-electron chi connectivity index (χ3n) is 4.97. The molecule has 0 unspecified atom stereocenters. The highest BCUT2D eigenvalue weighted by molar-refractivity contribution is 7.86. The van der Waals surface area contributed by atoms with Crippen LogP contribution in [0, 0.1) is 5.92 Å². The van der Waals surface area contributed by atoms with Gasteiger partial charge in [-0.1, -0.05) is 0 Å². The van der Waals surface area contributed by atoms with Crippen LogP contribution in [0.1, 0.15) is 35.0 Å². The van der Waals surface area contributed by atoms with Crippen LogP contribution in [0.5, 0.6) is 0 Å². The molecule has 2 atom stereocenters. The van der Waals surface area contributed by atoms with Crippen LogP contribution >= 0.6 is 11.3 Å². The Labute approximate surface area is 148 Å². The molecule has 8 heteroatoms. The van der Waals surface area contributed by atoms with Crippen molar-refractivity contribution < 1.29 is 13.2 Å². The Hall–Kier alpha value is -0.800. The standard InChI is InChI=1S/C16H25N3O3S2/c1-12(20)16-6-14(11-23-16)8-18-7-13-4-5-15(18)10-19(9-13)24(21,22)17(2)3/h6,11,13,15H,4-5,7-10H2,1-3H3/t13-,15-/m0/s1. The van der Waals surface area contributed by atoms with Gasteiger partial charge in [-0.2, -0.15) is 17.0 Å². The van der Waals surface area contributed by atoms with E-state index in [1.165, 1.54) is 15.6 Å². The van der Waals surface area contributed by atoms with Crippen LogP contribution in [0.3, 0.4) is 0 Å². The minimum Gasteiger partial charge on any atom is -0.294 e. The van der Waals surface area contributed by atoms with Crippen LogP contribution in [0.15, 0.2) is 11.4 Å². The second kappa shape index (κ2) is 6.84. The minimum absolute atomic E-state index is 0.104. The smallest absolute Gasteiger partial charge is 0.281 e. The second-order valence-electron chi connectivity index (χ2n) is 7.01. The van der Waals surface area contributed by atoms with E-state index in [1.54, 1.807) is 25.3 Å². The number of nitrogens with zero attached hydrogens (tertiary/aromatic N) is 3. The van der Waals surface area contributed by atoms with E-state index >= 15 is 0 Å². The molecule has 4 heterocycles. The number of fused-ring (bicyclic) bond motifs is 4. The van der Waals surface area contributed by atoms with Gasteiger partial charge >= 0.3 is 0 Å². The molecule has 0 N–H and O–H groups in total. The van der Waals surface area contributed by atoms with Crippen molar-refractivity contribution in [3.63, 3.8) is 0 Å². The van der Waals surface area contributed by atoms with Crippen molar-refractivity contribution in [2.45, 2.75) is 32.4 Å². The van der Waals surface area contributed by atoms with Gasteiger partial charge in [0.2, 0.25) is 0 Å². The zero-order valence-electron chi connectivity index (χ0n) is 14.4. The molecular weight excluding hydrogens is 346 g/mol. The summed E-state index contributed by atoms with van der Waals surface area (Å²) < 4.78 is 27.9. The molecule has 3 aliphatic heterocycles. The van der Waals surface area contributed by atoms with Crippen molar-refractivity contribution >= 4 is 27.3 Å². The average Bonchev–Trinajstić information content (AvgIpc) is 2.78. The molecule has 0 radical (unpaired) electrons. The molecule has 0 spiro atoms. The lowest BCUT2D eigenvalue weighted by Crippen LogP contribution is -2.45. The van der Waals surface area contributed by atoms with Gasteiger partial charge in [0, 0.05) is 46.3 Å². The number of carbonyl (C=O) groups is 1. The highest BCUT2D eigenvalue weighted by atomic mass is 32.2. The molecule has 134 valence electrons. The number of thiophene rings is 1. The fraction of sp³-hybridized carbons (Fsp3) is 0.688. The molecule has 4 rings (SSSR count). The normalized spacial score (nSPS) is 26.0. The van der Waals surface area contributed by atoms with Crippen molar-refractivity contribution in [2.24, 2.45) is 5.92 Å². The first-order chi connectivity index (χ1) is 11.3. The minimum atomic E-state index is -3.36. The molecule has 6 nitrogen and oxygen atoms in total. The SMILES string of the molecule is CC(=O)c1cc(CN2C[C@@H]3CC[C@H]2CN(S(=O)(=O)N(C)C)C3)cs1. The highest BCUT2D eigenvalue weighted by Crippen LogP contribution is 2.31. The summed E-state index contributed by atoms with van der Waals surface area (Å²) in [5.41, 5.74) is 1.15. The summed E-state index contributed by atoms with van der Waals surface area (Å²) in [4.78, 5) is 14.7. The molecule has 0 amide bonds. The summed E-state index contributed by atoms with van der Waals surface area (Å²) in [6.07, 6.45) is 2.12.